The lowest BCUT2D eigenvalue weighted by molar-refractivity contribution is 0.162. The Bertz CT molecular complexity index is 260. The average molecular weight is 261 g/mol. The summed E-state index contributed by atoms with van der Waals surface area (Å²) in [5.41, 5.74) is 1.15. The van der Waals surface area contributed by atoms with Crippen molar-refractivity contribution in [2.45, 2.75) is 6.42 Å². The lowest BCUT2D eigenvalue weighted by Gasteiger charge is -2.12. The van der Waals surface area contributed by atoms with Crippen molar-refractivity contribution < 1.29 is 9.13 Å². The first-order chi connectivity index (χ1) is 6.76. The van der Waals surface area contributed by atoms with Crippen molar-refractivity contribution in [3.05, 3.63) is 35.6 Å². The highest BCUT2D eigenvalue weighted by atomic mass is 79.9. The van der Waals surface area contributed by atoms with E-state index in [1.807, 2.05) is 12.1 Å². The van der Waals surface area contributed by atoms with Crippen molar-refractivity contribution in [2.75, 3.05) is 19.0 Å². The first-order valence-electron chi connectivity index (χ1n) is 4.55. The lowest BCUT2D eigenvalue weighted by atomic mass is 10.0. The van der Waals surface area contributed by atoms with Crippen molar-refractivity contribution >= 4 is 15.9 Å². The van der Waals surface area contributed by atoms with Gasteiger partial charge >= 0.3 is 0 Å². The normalized spacial score (nSPS) is 12.8. The van der Waals surface area contributed by atoms with Gasteiger partial charge in [-0.3, -0.25) is 0 Å². The molecule has 1 nitrogen and oxygen atoms in total. The largest absolute Gasteiger partial charge is 0.384 e. The van der Waals surface area contributed by atoms with Crippen molar-refractivity contribution in [2.24, 2.45) is 5.92 Å². The topological polar surface area (TPSA) is 9.23 Å². The predicted octanol–water partition coefficient (Wildman–Crippen LogP) is 3.03. The molecule has 78 valence electrons. The minimum absolute atomic E-state index is 0.184. The van der Waals surface area contributed by atoms with Crippen molar-refractivity contribution in [1.82, 2.24) is 0 Å². The summed E-state index contributed by atoms with van der Waals surface area (Å²) in [5.74, 6) is 0.265. The van der Waals surface area contributed by atoms with Gasteiger partial charge in [0, 0.05) is 12.4 Å². The van der Waals surface area contributed by atoms with E-state index in [2.05, 4.69) is 15.9 Å². The third kappa shape index (κ3) is 3.76. The Morgan fingerprint density at radius 3 is 2.50 bits per heavy atom. The molecular formula is C11H14BrFO. The summed E-state index contributed by atoms with van der Waals surface area (Å²) in [6, 6.07) is 6.63. The SMILES string of the molecule is COCC(CBr)Cc1ccc(F)cc1. The first kappa shape index (κ1) is 11.7. The Morgan fingerprint density at radius 1 is 1.36 bits per heavy atom. The maximum atomic E-state index is 12.6. The molecule has 0 aliphatic heterocycles. The monoisotopic (exact) mass is 260 g/mol. The molecule has 1 atom stereocenters. The summed E-state index contributed by atoms with van der Waals surface area (Å²) < 4.78 is 17.7. The number of halogens is 2. The van der Waals surface area contributed by atoms with Gasteiger partial charge in [-0.15, -0.1) is 0 Å². The van der Waals surface area contributed by atoms with Crippen LogP contribution in [-0.4, -0.2) is 19.0 Å². The maximum Gasteiger partial charge on any atom is 0.123 e. The molecule has 0 aliphatic carbocycles. The fraction of sp³-hybridized carbons (Fsp3) is 0.455. The van der Waals surface area contributed by atoms with Gasteiger partial charge < -0.3 is 4.74 Å². The molecule has 0 aliphatic rings. The Labute approximate surface area is 92.4 Å². The van der Waals surface area contributed by atoms with Crippen molar-refractivity contribution in [3.8, 4) is 0 Å². The number of methoxy groups -OCH3 is 1. The number of benzene rings is 1. The van der Waals surface area contributed by atoms with Crippen LogP contribution < -0.4 is 0 Å². The van der Waals surface area contributed by atoms with Gasteiger partial charge in [0.05, 0.1) is 6.61 Å². The molecule has 0 aromatic heterocycles. The third-order valence-electron chi connectivity index (χ3n) is 2.06. The van der Waals surface area contributed by atoms with Crippen LogP contribution in [-0.2, 0) is 11.2 Å². The van der Waals surface area contributed by atoms with Gasteiger partial charge in [-0.2, -0.15) is 0 Å². The van der Waals surface area contributed by atoms with Gasteiger partial charge in [0.15, 0.2) is 0 Å². The highest BCUT2D eigenvalue weighted by Gasteiger charge is 2.07. The quantitative estimate of drug-likeness (QED) is 0.740. The van der Waals surface area contributed by atoms with E-state index in [0.29, 0.717) is 5.92 Å². The van der Waals surface area contributed by atoms with Gasteiger partial charge in [0.25, 0.3) is 0 Å². The first-order valence-corrected chi connectivity index (χ1v) is 5.67. The summed E-state index contributed by atoms with van der Waals surface area (Å²) in [4.78, 5) is 0. The van der Waals surface area contributed by atoms with Crippen LogP contribution in [0, 0.1) is 11.7 Å². The van der Waals surface area contributed by atoms with Crippen LogP contribution >= 0.6 is 15.9 Å². The number of hydrogen-bond acceptors (Lipinski definition) is 1. The predicted molar refractivity (Wildman–Crippen MR) is 59.3 cm³/mol. The van der Waals surface area contributed by atoms with E-state index in [1.54, 1.807) is 7.11 Å². The van der Waals surface area contributed by atoms with Crippen LogP contribution in [0.25, 0.3) is 0 Å². The van der Waals surface area contributed by atoms with Crippen LogP contribution in [0.3, 0.4) is 0 Å². The molecular weight excluding hydrogens is 247 g/mol. The van der Waals surface area contributed by atoms with Gasteiger partial charge in [-0.25, -0.2) is 4.39 Å². The Kier molecular flexibility index (Phi) is 5.12. The zero-order chi connectivity index (χ0) is 10.4. The number of alkyl halides is 1. The molecule has 14 heavy (non-hydrogen) atoms. The standard InChI is InChI=1S/C11H14BrFO/c1-14-8-10(7-12)6-9-2-4-11(13)5-3-9/h2-5,10H,6-8H2,1H3. The third-order valence-corrected chi connectivity index (χ3v) is 2.97. The number of rotatable bonds is 5. The van der Waals surface area contributed by atoms with Gasteiger partial charge in [0.1, 0.15) is 5.82 Å². The zero-order valence-electron chi connectivity index (χ0n) is 8.17. The Balaban J connectivity index is 2.53. The molecule has 1 unspecified atom stereocenters. The maximum absolute atomic E-state index is 12.6. The van der Waals surface area contributed by atoms with E-state index < -0.39 is 0 Å². The van der Waals surface area contributed by atoms with E-state index in [9.17, 15) is 4.39 Å². The molecule has 0 radical (unpaired) electrons. The number of hydrogen-bond donors (Lipinski definition) is 0. The Morgan fingerprint density at radius 2 is 2.00 bits per heavy atom. The summed E-state index contributed by atoms with van der Waals surface area (Å²) in [5, 5.41) is 0.901. The van der Waals surface area contributed by atoms with Crippen LogP contribution in [0.1, 0.15) is 5.56 Å². The van der Waals surface area contributed by atoms with Gasteiger partial charge in [-0.05, 0) is 30.0 Å². The highest BCUT2D eigenvalue weighted by Crippen LogP contribution is 2.12. The van der Waals surface area contributed by atoms with Crippen LogP contribution in [0.2, 0.25) is 0 Å². The van der Waals surface area contributed by atoms with Gasteiger partial charge in [-0.1, -0.05) is 28.1 Å². The van der Waals surface area contributed by atoms with Crippen molar-refractivity contribution in [1.29, 1.82) is 0 Å². The minimum Gasteiger partial charge on any atom is -0.384 e. The van der Waals surface area contributed by atoms with Crippen LogP contribution in [0.4, 0.5) is 4.39 Å². The average Bonchev–Trinajstić information content (AvgIpc) is 2.20. The van der Waals surface area contributed by atoms with E-state index in [0.717, 1.165) is 23.9 Å². The molecule has 0 saturated carbocycles. The second-order valence-electron chi connectivity index (χ2n) is 3.31. The van der Waals surface area contributed by atoms with Gasteiger partial charge in [0.2, 0.25) is 0 Å². The second-order valence-corrected chi connectivity index (χ2v) is 3.95. The molecule has 1 rings (SSSR count). The molecule has 3 heteroatoms. The molecule has 1 aromatic carbocycles. The fourth-order valence-electron chi connectivity index (χ4n) is 1.35. The molecule has 0 fully saturated rings. The van der Waals surface area contributed by atoms with Crippen LogP contribution in [0.15, 0.2) is 24.3 Å². The molecule has 1 aromatic rings. The minimum atomic E-state index is -0.184. The summed E-state index contributed by atoms with van der Waals surface area (Å²) in [6.07, 6.45) is 0.916. The summed E-state index contributed by atoms with van der Waals surface area (Å²) in [6.45, 7) is 0.725. The highest BCUT2D eigenvalue weighted by molar-refractivity contribution is 9.09. The fourth-order valence-corrected chi connectivity index (χ4v) is 1.76. The van der Waals surface area contributed by atoms with E-state index >= 15 is 0 Å². The van der Waals surface area contributed by atoms with E-state index in [4.69, 9.17) is 4.74 Å². The number of ether oxygens (including phenoxy) is 1. The second kappa shape index (κ2) is 6.14. The van der Waals surface area contributed by atoms with E-state index in [-0.39, 0.29) is 5.82 Å². The Hall–Kier alpha value is -0.410. The summed E-state index contributed by atoms with van der Waals surface area (Å²) in [7, 11) is 1.69. The summed E-state index contributed by atoms with van der Waals surface area (Å²) >= 11 is 3.43. The molecule has 0 saturated heterocycles. The molecule has 0 amide bonds. The smallest absolute Gasteiger partial charge is 0.123 e. The molecule has 0 bridgehead atoms. The van der Waals surface area contributed by atoms with E-state index in [1.165, 1.54) is 12.1 Å². The van der Waals surface area contributed by atoms with Crippen LogP contribution in [0.5, 0.6) is 0 Å². The molecule has 0 heterocycles. The lowest BCUT2D eigenvalue weighted by Crippen LogP contribution is -2.12. The molecule has 0 spiro atoms. The molecule has 0 N–H and O–H groups in total. The zero-order valence-corrected chi connectivity index (χ0v) is 9.76. The van der Waals surface area contributed by atoms with Crippen molar-refractivity contribution in [3.63, 3.8) is 0 Å².